The SMILES string of the molecule is CCOc1cc(C(C)(C)C)ncc1C1=N[C@@](C)(c2ccc(Cl)cc2)[C@@](C)(c2ccc(Cl)cc2)N1C(=O)N1C[C@H]2C(C(=O)O)[C@@H]2C1. The highest BCUT2D eigenvalue weighted by atomic mass is 35.5. The lowest BCUT2D eigenvalue weighted by Gasteiger charge is -2.46. The zero-order valence-corrected chi connectivity index (χ0v) is 27.9. The molecule has 2 amide bonds. The van der Waals surface area contributed by atoms with Crippen LogP contribution < -0.4 is 4.74 Å². The molecule has 3 aromatic rings. The number of carbonyl (C=O) groups is 2. The number of benzene rings is 2. The van der Waals surface area contributed by atoms with Crippen molar-refractivity contribution in [3.63, 3.8) is 0 Å². The summed E-state index contributed by atoms with van der Waals surface area (Å²) in [4.78, 5) is 40.5. The van der Waals surface area contributed by atoms with Crippen LogP contribution in [0.3, 0.4) is 0 Å². The molecule has 2 fully saturated rings. The Hall–Kier alpha value is -3.62. The number of fused-ring (bicyclic) bond motifs is 1. The van der Waals surface area contributed by atoms with Crippen molar-refractivity contribution in [1.29, 1.82) is 0 Å². The van der Waals surface area contributed by atoms with E-state index < -0.39 is 23.0 Å². The maximum absolute atomic E-state index is 14.9. The van der Waals surface area contributed by atoms with Crippen molar-refractivity contribution in [3.05, 3.63) is 93.2 Å². The monoisotopic (exact) mass is 648 g/mol. The molecule has 10 heteroatoms. The number of carboxylic acid groups (broad SMARTS) is 1. The number of carboxylic acids is 1. The smallest absolute Gasteiger partial charge is 0.326 e. The number of hydrogen-bond donors (Lipinski definition) is 1. The molecule has 0 unspecified atom stereocenters. The molecule has 8 nitrogen and oxygen atoms in total. The first-order valence-corrected chi connectivity index (χ1v) is 16.0. The summed E-state index contributed by atoms with van der Waals surface area (Å²) in [5, 5.41) is 10.8. The number of likely N-dealkylation sites (tertiary alicyclic amines) is 1. The summed E-state index contributed by atoms with van der Waals surface area (Å²) >= 11 is 12.7. The minimum atomic E-state index is -1.05. The minimum absolute atomic E-state index is 0.0504. The second kappa shape index (κ2) is 11.0. The van der Waals surface area contributed by atoms with Crippen LogP contribution in [0.15, 0.2) is 65.8 Å². The summed E-state index contributed by atoms with van der Waals surface area (Å²) in [6.07, 6.45) is 1.75. The molecule has 2 aliphatic heterocycles. The molecule has 45 heavy (non-hydrogen) atoms. The van der Waals surface area contributed by atoms with E-state index >= 15 is 0 Å². The fraction of sp³-hybridized carbons (Fsp3) is 0.429. The molecule has 3 heterocycles. The summed E-state index contributed by atoms with van der Waals surface area (Å²) in [6, 6.07) is 16.7. The Labute approximate surface area is 274 Å². The molecule has 0 bridgehead atoms. The van der Waals surface area contributed by atoms with Crippen molar-refractivity contribution in [2.24, 2.45) is 22.7 Å². The van der Waals surface area contributed by atoms with Crippen molar-refractivity contribution >= 4 is 41.0 Å². The second-order valence-electron chi connectivity index (χ2n) is 13.6. The second-order valence-corrected chi connectivity index (χ2v) is 14.4. The summed E-state index contributed by atoms with van der Waals surface area (Å²) in [5.74, 6) is -0.282. The van der Waals surface area contributed by atoms with E-state index in [0.29, 0.717) is 46.9 Å². The zero-order valence-electron chi connectivity index (χ0n) is 26.3. The van der Waals surface area contributed by atoms with Gasteiger partial charge in [0.1, 0.15) is 22.7 Å². The average Bonchev–Trinajstić information content (AvgIpc) is 3.39. The van der Waals surface area contributed by atoms with Crippen molar-refractivity contribution in [3.8, 4) is 5.75 Å². The number of ether oxygens (including phenoxy) is 1. The zero-order chi connectivity index (χ0) is 32.5. The quantitative estimate of drug-likeness (QED) is 0.301. The molecule has 1 N–H and O–H groups in total. The van der Waals surface area contributed by atoms with Gasteiger partial charge in [-0.2, -0.15) is 0 Å². The fourth-order valence-electron chi connectivity index (χ4n) is 7.05. The Morgan fingerprint density at radius 3 is 2.04 bits per heavy atom. The van der Waals surface area contributed by atoms with Gasteiger partial charge in [-0.05, 0) is 68.0 Å². The Morgan fingerprint density at radius 1 is 0.978 bits per heavy atom. The number of aliphatic carboxylic acids is 1. The van der Waals surface area contributed by atoms with Crippen LogP contribution in [0.25, 0.3) is 0 Å². The third-order valence-corrected chi connectivity index (χ3v) is 10.4. The molecule has 0 spiro atoms. The van der Waals surface area contributed by atoms with E-state index in [9.17, 15) is 14.7 Å². The predicted molar refractivity (Wildman–Crippen MR) is 175 cm³/mol. The summed E-state index contributed by atoms with van der Waals surface area (Å²) in [6.45, 7) is 13.4. The molecule has 236 valence electrons. The van der Waals surface area contributed by atoms with E-state index in [2.05, 4.69) is 20.8 Å². The van der Waals surface area contributed by atoms with Gasteiger partial charge >= 0.3 is 12.0 Å². The maximum Gasteiger partial charge on any atom is 0.326 e. The van der Waals surface area contributed by atoms with E-state index in [4.69, 9.17) is 37.9 Å². The van der Waals surface area contributed by atoms with Crippen LogP contribution in [0.4, 0.5) is 4.79 Å². The summed E-state index contributed by atoms with van der Waals surface area (Å²) < 4.78 is 6.21. The van der Waals surface area contributed by atoms with Crippen LogP contribution in [-0.4, -0.2) is 57.4 Å². The lowest BCUT2D eigenvalue weighted by Crippen LogP contribution is -2.58. The Bertz CT molecular complexity index is 1680. The lowest BCUT2D eigenvalue weighted by molar-refractivity contribution is -0.139. The third kappa shape index (κ3) is 5.06. The van der Waals surface area contributed by atoms with E-state index in [1.165, 1.54) is 0 Å². The van der Waals surface area contributed by atoms with Crippen molar-refractivity contribution < 1.29 is 19.4 Å². The normalized spacial score (nSPS) is 27.3. The molecule has 0 radical (unpaired) electrons. The number of aliphatic imine (C=N–C) groups is 1. The first kappa shape index (κ1) is 31.4. The number of rotatable bonds is 6. The number of pyridine rings is 1. The van der Waals surface area contributed by atoms with Crippen LogP contribution in [-0.2, 0) is 21.3 Å². The highest BCUT2D eigenvalue weighted by Gasteiger charge is 2.64. The number of aromatic nitrogens is 1. The van der Waals surface area contributed by atoms with Gasteiger partial charge in [-0.15, -0.1) is 0 Å². The van der Waals surface area contributed by atoms with Gasteiger partial charge in [-0.1, -0.05) is 68.2 Å². The number of carbonyl (C=O) groups excluding carboxylic acids is 1. The van der Waals surface area contributed by atoms with Crippen LogP contribution in [0.2, 0.25) is 10.0 Å². The highest BCUT2D eigenvalue weighted by molar-refractivity contribution is 6.30. The standard InChI is InChI=1S/C35H38Cl2N4O4/c1-7-45-27-16-28(33(2,3)4)38-17-24(27)30-39-34(5,20-8-12-22(36)13-9-20)35(6,21-10-14-23(37)15-11-21)41(30)32(44)40-18-25-26(19-40)29(25)31(42)43/h8-17,25-26,29H,7,18-19H2,1-6H3,(H,42,43)/t25-,26-,34+,35-/m1/s1. The lowest BCUT2D eigenvalue weighted by atomic mass is 9.71. The predicted octanol–water partition coefficient (Wildman–Crippen LogP) is 7.36. The molecule has 3 aliphatic rings. The van der Waals surface area contributed by atoms with Crippen LogP contribution in [0.5, 0.6) is 5.75 Å². The largest absolute Gasteiger partial charge is 0.493 e. The van der Waals surface area contributed by atoms with Crippen molar-refractivity contribution in [2.45, 2.75) is 58.0 Å². The van der Waals surface area contributed by atoms with Gasteiger partial charge in [0, 0.05) is 46.5 Å². The van der Waals surface area contributed by atoms with E-state index in [1.54, 1.807) is 16.0 Å². The number of amides is 2. The molecular weight excluding hydrogens is 611 g/mol. The van der Waals surface area contributed by atoms with Gasteiger partial charge in [-0.3, -0.25) is 19.7 Å². The molecule has 1 saturated carbocycles. The summed E-state index contributed by atoms with van der Waals surface area (Å²) in [5.41, 5.74) is 0.878. The number of halogens is 2. The number of piperidine rings is 1. The van der Waals surface area contributed by atoms with E-state index in [0.717, 1.165) is 16.8 Å². The van der Waals surface area contributed by atoms with Gasteiger partial charge < -0.3 is 14.7 Å². The third-order valence-electron chi connectivity index (χ3n) is 9.87. The highest BCUT2D eigenvalue weighted by Crippen LogP contribution is 2.56. The Morgan fingerprint density at radius 2 is 1.53 bits per heavy atom. The minimum Gasteiger partial charge on any atom is -0.493 e. The summed E-state index contributed by atoms with van der Waals surface area (Å²) in [7, 11) is 0. The van der Waals surface area contributed by atoms with Crippen LogP contribution in [0, 0.1) is 17.8 Å². The maximum atomic E-state index is 14.9. The fourth-order valence-corrected chi connectivity index (χ4v) is 7.30. The van der Waals surface area contributed by atoms with Crippen LogP contribution in [0.1, 0.15) is 63.9 Å². The number of amidine groups is 1. The van der Waals surface area contributed by atoms with Gasteiger partial charge in [-0.25, -0.2) is 4.79 Å². The van der Waals surface area contributed by atoms with Gasteiger partial charge in [0.25, 0.3) is 0 Å². The molecule has 1 aromatic heterocycles. The average molecular weight is 650 g/mol. The van der Waals surface area contributed by atoms with Gasteiger partial charge in [0.05, 0.1) is 18.1 Å². The van der Waals surface area contributed by atoms with E-state index in [1.807, 2.05) is 75.4 Å². The van der Waals surface area contributed by atoms with Crippen molar-refractivity contribution in [1.82, 2.24) is 14.8 Å². The Kier molecular flexibility index (Phi) is 7.68. The molecule has 1 aliphatic carbocycles. The molecule has 2 aromatic carbocycles. The van der Waals surface area contributed by atoms with Gasteiger partial charge in [0.15, 0.2) is 0 Å². The number of urea groups is 1. The molecule has 6 rings (SSSR count). The topological polar surface area (TPSA) is 95.3 Å². The first-order valence-electron chi connectivity index (χ1n) is 15.3. The van der Waals surface area contributed by atoms with E-state index in [-0.39, 0.29) is 23.3 Å². The number of hydrogen-bond acceptors (Lipinski definition) is 5. The van der Waals surface area contributed by atoms with Crippen LogP contribution >= 0.6 is 23.2 Å². The number of nitrogens with zero attached hydrogens (tertiary/aromatic N) is 4. The van der Waals surface area contributed by atoms with Gasteiger partial charge in [0.2, 0.25) is 0 Å². The molecule has 1 saturated heterocycles. The Balaban J connectivity index is 1.57. The molecular formula is C35H38Cl2N4O4. The first-order chi connectivity index (χ1) is 21.2. The van der Waals surface area contributed by atoms with Crippen molar-refractivity contribution in [2.75, 3.05) is 19.7 Å². The molecule has 4 atom stereocenters.